The second kappa shape index (κ2) is 2.86. The molecule has 2 aliphatic heterocycles. The molecule has 0 spiro atoms. The molecule has 0 radical (unpaired) electrons. The fraction of sp³-hybridized carbons (Fsp3) is 0.333. The summed E-state index contributed by atoms with van der Waals surface area (Å²) in [5.74, 6) is 0. The van der Waals surface area contributed by atoms with Gasteiger partial charge in [0.15, 0.2) is 0 Å². The standard InChI is InChI=1S/C9H10B2O3/c12-10-2-1-6-3-9-7(4-8(6)10)5-14-11(9)13/h3-4,12-13H,1-2,5H2. The third-order valence-electron chi connectivity index (χ3n) is 3.11. The van der Waals surface area contributed by atoms with Gasteiger partial charge >= 0.3 is 14.0 Å². The lowest BCUT2D eigenvalue weighted by Crippen LogP contribution is -2.32. The van der Waals surface area contributed by atoms with Crippen molar-refractivity contribution in [3.8, 4) is 0 Å². The van der Waals surface area contributed by atoms with Gasteiger partial charge in [-0.15, -0.1) is 0 Å². The molecule has 0 unspecified atom stereocenters. The van der Waals surface area contributed by atoms with E-state index in [0.29, 0.717) is 6.61 Å². The zero-order valence-corrected chi connectivity index (χ0v) is 7.73. The van der Waals surface area contributed by atoms with Crippen LogP contribution in [-0.2, 0) is 17.7 Å². The lowest BCUT2D eigenvalue weighted by molar-refractivity contribution is 0.275. The van der Waals surface area contributed by atoms with Crippen LogP contribution in [0.4, 0.5) is 0 Å². The number of aryl methyl sites for hydroxylation is 1. The average molecular weight is 188 g/mol. The van der Waals surface area contributed by atoms with Crippen LogP contribution in [0.3, 0.4) is 0 Å². The molecular weight excluding hydrogens is 178 g/mol. The predicted molar refractivity (Wildman–Crippen MR) is 55.0 cm³/mol. The Morgan fingerprint density at radius 3 is 2.79 bits per heavy atom. The summed E-state index contributed by atoms with van der Waals surface area (Å²) in [4.78, 5) is 0. The van der Waals surface area contributed by atoms with E-state index < -0.39 is 7.12 Å². The molecule has 5 heteroatoms. The Bertz CT molecular complexity index is 356. The van der Waals surface area contributed by atoms with Gasteiger partial charge in [-0.05, 0) is 29.2 Å². The summed E-state index contributed by atoms with van der Waals surface area (Å²) in [6.07, 6.45) is 1.70. The third kappa shape index (κ3) is 1.06. The van der Waals surface area contributed by atoms with Gasteiger partial charge in [0.2, 0.25) is 0 Å². The van der Waals surface area contributed by atoms with Gasteiger partial charge in [0.05, 0.1) is 6.61 Å². The van der Waals surface area contributed by atoms with Crippen molar-refractivity contribution in [1.82, 2.24) is 0 Å². The number of fused-ring (bicyclic) bond motifs is 2. The fourth-order valence-electron chi connectivity index (χ4n) is 2.32. The van der Waals surface area contributed by atoms with Crippen LogP contribution in [0.25, 0.3) is 0 Å². The Balaban J connectivity index is 2.15. The Labute approximate surface area is 83.0 Å². The van der Waals surface area contributed by atoms with Crippen molar-refractivity contribution < 1.29 is 14.7 Å². The first-order valence-corrected chi connectivity index (χ1v) is 4.89. The van der Waals surface area contributed by atoms with E-state index in [1.807, 2.05) is 12.1 Å². The molecule has 1 aromatic carbocycles. The summed E-state index contributed by atoms with van der Waals surface area (Å²) >= 11 is 0. The maximum absolute atomic E-state index is 9.68. The van der Waals surface area contributed by atoms with Crippen molar-refractivity contribution in [1.29, 1.82) is 0 Å². The first kappa shape index (κ1) is 8.53. The second-order valence-electron chi connectivity index (χ2n) is 3.97. The summed E-state index contributed by atoms with van der Waals surface area (Å²) in [5, 5.41) is 19.2. The highest BCUT2D eigenvalue weighted by Gasteiger charge is 2.32. The smallest absolute Gasteiger partial charge is 0.446 e. The molecule has 0 aliphatic carbocycles. The summed E-state index contributed by atoms with van der Waals surface area (Å²) in [5.41, 5.74) is 4.05. The van der Waals surface area contributed by atoms with E-state index in [1.54, 1.807) is 0 Å². The molecule has 2 aliphatic rings. The van der Waals surface area contributed by atoms with Crippen LogP contribution in [-0.4, -0.2) is 24.1 Å². The maximum Gasteiger partial charge on any atom is 0.491 e. The van der Waals surface area contributed by atoms with Crippen LogP contribution in [0.5, 0.6) is 0 Å². The molecule has 0 saturated carbocycles. The molecule has 0 bridgehead atoms. The van der Waals surface area contributed by atoms with Crippen LogP contribution >= 0.6 is 0 Å². The van der Waals surface area contributed by atoms with Gasteiger partial charge in [-0.3, -0.25) is 0 Å². The van der Waals surface area contributed by atoms with E-state index in [9.17, 15) is 10.0 Å². The van der Waals surface area contributed by atoms with Gasteiger partial charge in [0.25, 0.3) is 0 Å². The Hall–Kier alpha value is -0.770. The Morgan fingerprint density at radius 1 is 1.14 bits per heavy atom. The first-order valence-electron chi connectivity index (χ1n) is 4.89. The summed E-state index contributed by atoms with van der Waals surface area (Å²) < 4.78 is 5.11. The van der Waals surface area contributed by atoms with E-state index >= 15 is 0 Å². The average Bonchev–Trinajstić information content (AvgIpc) is 2.71. The lowest BCUT2D eigenvalue weighted by Gasteiger charge is -2.04. The molecule has 14 heavy (non-hydrogen) atoms. The molecule has 2 N–H and O–H groups in total. The number of rotatable bonds is 0. The minimum Gasteiger partial charge on any atom is -0.446 e. The Kier molecular flexibility index (Phi) is 1.74. The molecule has 0 aromatic heterocycles. The maximum atomic E-state index is 9.68. The number of hydrogen-bond donors (Lipinski definition) is 2. The van der Waals surface area contributed by atoms with Gasteiger partial charge in [0.1, 0.15) is 0 Å². The van der Waals surface area contributed by atoms with Crippen LogP contribution in [0.1, 0.15) is 11.1 Å². The molecule has 3 nitrogen and oxygen atoms in total. The van der Waals surface area contributed by atoms with Crippen molar-refractivity contribution in [2.45, 2.75) is 19.3 Å². The van der Waals surface area contributed by atoms with Crippen molar-refractivity contribution in [2.24, 2.45) is 0 Å². The molecule has 0 atom stereocenters. The van der Waals surface area contributed by atoms with Crippen LogP contribution in [0.15, 0.2) is 12.1 Å². The fourth-order valence-corrected chi connectivity index (χ4v) is 2.32. The monoisotopic (exact) mass is 188 g/mol. The van der Waals surface area contributed by atoms with Gasteiger partial charge in [0, 0.05) is 0 Å². The van der Waals surface area contributed by atoms with Crippen molar-refractivity contribution in [3.63, 3.8) is 0 Å². The zero-order chi connectivity index (χ0) is 9.71. The van der Waals surface area contributed by atoms with E-state index in [0.717, 1.165) is 34.8 Å². The van der Waals surface area contributed by atoms with Crippen LogP contribution in [0, 0.1) is 0 Å². The van der Waals surface area contributed by atoms with E-state index in [4.69, 9.17) is 4.65 Å². The van der Waals surface area contributed by atoms with Gasteiger partial charge < -0.3 is 14.7 Å². The molecule has 0 amide bonds. The SMILES string of the molecule is OB1CCc2cc3c(cc21)COB3O. The highest BCUT2D eigenvalue weighted by Crippen LogP contribution is 2.17. The summed E-state index contributed by atoms with van der Waals surface area (Å²) in [7, 11) is -0.770. The summed E-state index contributed by atoms with van der Waals surface area (Å²) in [6.45, 7) is 0.129. The van der Waals surface area contributed by atoms with Gasteiger partial charge in [-0.2, -0.15) is 0 Å². The molecular formula is C9H10B2O3. The van der Waals surface area contributed by atoms with Crippen molar-refractivity contribution in [2.75, 3.05) is 0 Å². The number of benzene rings is 1. The van der Waals surface area contributed by atoms with E-state index in [-0.39, 0.29) is 6.92 Å². The number of hydrogen-bond acceptors (Lipinski definition) is 3. The normalized spacial score (nSPS) is 18.7. The molecule has 70 valence electrons. The zero-order valence-electron chi connectivity index (χ0n) is 7.73. The highest BCUT2D eigenvalue weighted by molar-refractivity contribution is 6.68. The third-order valence-corrected chi connectivity index (χ3v) is 3.11. The molecule has 0 fully saturated rings. The largest absolute Gasteiger partial charge is 0.491 e. The van der Waals surface area contributed by atoms with Crippen LogP contribution < -0.4 is 10.9 Å². The topological polar surface area (TPSA) is 49.7 Å². The molecule has 3 rings (SSSR count). The van der Waals surface area contributed by atoms with Crippen molar-refractivity contribution >= 4 is 25.0 Å². The second-order valence-corrected chi connectivity index (χ2v) is 3.97. The van der Waals surface area contributed by atoms with Crippen molar-refractivity contribution in [3.05, 3.63) is 23.3 Å². The first-order chi connectivity index (χ1) is 6.75. The molecule has 0 saturated heterocycles. The van der Waals surface area contributed by atoms with E-state index in [2.05, 4.69) is 0 Å². The lowest BCUT2D eigenvalue weighted by atomic mass is 9.62. The van der Waals surface area contributed by atoms with Gasteiger partial charge in [-0.25, -0.2) is 0 Å². The minimum absolute atomic E-state index is 0.326. The predicted octanol–water partition coefficient (Wildman–Crippen LogP) is -1.35. The highest BCUT2D eigenvalue weighted by atomic mass is 16.5. The quantitative estimate of drug-likeness (QED) is 0.494. The minimum atomic E-state index is -0.770. The van der Waals surface area contributed by atoms with Crippen LogP contribution in [0.2, 0.25) is 6.32 Å². The molecule has 1 aromatic rings. The summed E-state index contributed by atoms with van der Waals surface area (Å²) in [6, 6.07) is 3.94. The van der Waals surface area contributed by atoms with Gasteiger partial charge in [-0.1, -0.05) is 17.7 Å². The van der Waals surface area contributed by atoms with E-state index in [1.165, 1.54) is 0 Å². The molecule has 2 heterocycles. The Morgan fingerprint density at radius 2 is 1.93 bits per heavy atom.